The molecule has 1 fully saturated rings. The van der Waals surface area contributed by atoms with Gasteiger partial charge < -0.3 is 14.0 Å². The number of nitrogens with zero attached hydrogens (tertiary/aromatic N) is 1. The number of benzene rings is 1. The molecule has 0 amide bonds. The summed E-state index contributed by atoms with van der Waals surface area (Å²) >= 11 is 0. The Morgan fingerprint density at radius 1 is 1.11 bits per heavy atom. The monoisotopic (exact) mass is 259 g/mol. The molecule has 0 aromatic heterocycles. The van der Waals surface area contributed by atoms with E-state index in [9.17, 15) is 0 Å². The lowest BCUT2D eigenvalue weighted by Crippen LogP contribution is -2.41. The molecule has 0 unspecified atom stereocenters. The van der Waals surface area contributed by atoms with Gasteiger partial charge in [-0.15, -0.1) is 0 Å². The number of hydrogen-bond acceptors (Lipinski definition) is 4. The Balaban J connectivity index is 1.99. The molecule has 2 heterocycles. The first-order chi connectivity index (χ1) is 8.91. The Morgan fingerprint density at radius 3 is 2.47 bits per heavy atom. The van der Waals surface area contributed by atoms with Crippen LogP contribution in [0, 0.1) is 0 Å². The van der Waals surface area contributed by atoms with E-state index in [0.717, 1.165) is 16.9 Å². The first-order valence-corrected chi connectivity index (χ1v) is 6.55. The molecule has 0 atom stereocenters. The van der Waals surface area contributed by atoms with Crippen molar-refractivity contribution >= 4 is 24.5 Å². The lowest BCUT2D eigenvalue weighted by molar-refractivity contribution is 0.00578. The van der Waals surface area contributed by atoms with E-state index < -0.39 is 7.12 Å². The van der Waals surface area contributed by atoms with Gasteiger partial charge in [-0.25, -0.2) is 0 Å². The standard InChI is InChI=1S/C14H18BNO3/c1-13(2)14(3,4)19-15(18-13)10-6-5-7-11-12(10)17-9-8-16-11/h5-8H,9H2,1-4H3. The van der Waals surface area contributed by atoms with Gasteiger partial charge in [-0.3, -0.25) is 4.99 Å². The van der Waals surface area contributed by atoms with E-state index in [2.05, 4.69) is 4.99 Å². The zero-order chi connectivity index (χ0) is 13.7. The van der Waals surface area contributed by atoms with Crippen LogP contribution in [0.25, 0.3) is 0 Å². The normalized spacial score (nSPS) is 23.1. The second-order valence-corrected chi connectivity index (χ2v) is 5.91. The molecule has 1 aromatic rings. The van der Waals surface area contributed by atoms with Crippen LogP contribution in [0.2, 0.25) is 0 Å². The zero-order valence-corrected chi connectivity index (χ0v) is 11.8. The third-order valence-corrected chi connectivity index (χ3v) is 4.06. The van der Waals surface area contributed by atoms with Crippen molar-refractivity contribution in [2.75, 3.05) is 6.61 Å². The molecule has 19 heavy (non-hydrogen) atoms. The molecule has 0 saturated carbocycles. The van der Waals surface area contributed by atoms with E-state index >= 15 is 0 Å². The van der Waals surface area contributed by atoms with Crippen LogP contribution in [0.5, 0.6) is 5.75 Å². The van der Waals surface area contributed by atoms with Crippen LogP contribution in [0.4, 0.5) is 5.69 Å². The molecule has 0 spiro atoms. The number of ether oxygens (including phenoxy) is 1. The zero-order valence-electron chi connectivity index (χ0n) is 11.8. The average Bonchev–Trinajstić information content (AvgIpc) is 2.58. The fourth-order valence-corrected chi connectivity index (χ4v) is 2.21. The van der Waals surface area contributed by atoms with Gasteiger partial charge in [0.1, 0.15) is 18.0 Å². The molecule has 0 radical (unpaired) electrons. The Labute approximate surface area is 113 Å². The number of aliphatic imine (C=N–C) groups is 1. The van der Waals surface area contributed by atoms with Gasteiger partial charge in [0.2, 0.25) is 0 Å². The molecule has 0 aliphatic carbocycles. The fraction of sp³-hybridized carbons (Fsp3) is 0.500. The maximum absolute atomic E-state index is 6.06. The third-order valence-electron chi connectivity index (χ3n) is 4.06. The van der Waals surface area contributed by atoms with Crippen molar-refractivity contribution in [3.8, 4) is 5.75 Å². The Morgan fingerprint density at radius 2 is 1.79 bits per heavy atom. The van der Waals surface area contributed by atoms with Crippen molar-refractivity contribution in [3.63, 3.8) is 0 Å². The topological polar surface area (TPSA) is 40.0 Å². The van der Waals surface area contributed by atoms with Gasteiger partial charge in [-0.1, -0.05) is 12.1 Å². The second-order valence-electron chi connectivity index (χ2n) is 5.91. The minimum atomic E-state index is -0.409. The minimum Gasteiger partial charge on any atom is -0.486 e. The van der Waals surface area contributed by atoms with Gasteiger partial charge in [0, 0.05) is 11.7 Å². The summed E-state index contributed by atoms with van der Waals surface area (Å²) in [6.07, 6.45) is 1.76. The smallest absolute Gasteiger partial charge is 0.486 e. The third kappa shape index (κ3) is 1.97. The van der Waals surface area contributed by atoms with Gasteiger partial charge in [0.25, 0.3) is 0 Å². The van der Waals surface area contributed by atoms with Crippen LogP contribution in [0.3, 0.4) is 0 Å². The lowest BCUT2D eigenvalue weighted by Gasteiger charge is -2.32. The van der Waals surface area contributed by atoms with Gasteiger partial charge in [-0.05, 0) is 33.8 Å². The first kappa shape index (κ1) is 12.7. The second kappa shape index (κ2) is 4.08. The Bertz CT molecular complexity index is 523. The van der Waals surface area contributed by atoms with E-state index in [0.29, 0.717) is 6.61 Å². The van der Waals surface area contributed by atoms with Crippen molar-refractivity contribution < 1.29 is 14.0 Å². The van der Waals surface area contributed by atoms with Gasteiger partial charge in [-0.2, -0.15) is 0 Å². The summed E-state index contributed by atoms with van der Waals surface area (Å²) in [5.41, 5.74) is 1.04. The molecule has 3 rings (SSSR count). The molecule has 2 aliphatic rings. The van der Waals surface area contributed by atoms with Crippen molar-refractivity contribution in [1.82, 2.24) is 0 Å². The van der Waals surface area contributed by atoms with E-state index in [4.69, 9.17) is 14.0 Å². The van der Waals surface area contributed by atoms with Gasteiger partial charge in [0.15, 0.2) is 0 Å². The maximum Gasteiger partial charge on any atom is 0.498 e. The average molecular weight is 259 g/mol. The molecular weight excluding hydrogens is 241 g/mol. The van der Waals surface area contributed by atoms with E-state index in [1.165, 1.54) is 0 Å². The van der Waals surface area contributed by atoms with E-state index in [1.807, 2.05) is 45.9 Å². The van der Waals surface area contributed by atoms with Crippen molar-refractivity contribution in [2.24, 2.45) is 4.99 Å². The van der Waals surface area contributed by atoms with Crippen LogP contribution in [-0.2, 0) is 9.31 Å². The predicted molar refractivity (Wildman–Crippen MR) is 75.8 cm³/mol. The molecular formula is C14H18BNO3. The SMILES string of the molecule is CC1(C)OB(c2cccc3c2OCC=N3)OC1(C)C. The summed E-state index contributed by atoms with van der Waals surface area (Å²) in [6.45, 7) is 8.66. The predicted octanol–water partition coefficient (Wildman–Crippen LogP) is 2.08. The molecule has 4 nitrogen and oxygen atoms in total. The Hall–Kier alpha value is -1.33. The molecule has 0 N–H and O–H groups in total. The molecule has 5 heteroatoms. The first-order valence-electron chi connectivity index (χ1n) is 6.55. The molecule has 100 valence electrons. The van der Waals surface area contributed by atoms with Crippen LogP contribution < -0.4 is 10.2 Å². The molecule has 0 bridgehead atoms. The molecule has 1 saturated heterocycles. The highest BCUT2D eigenvalue weighted by atomic mass is 16.7. The van der Waals surface area contributed by atoms with E-state index in [-0.39, 0.29) is 11.2 Å². The van der Waals surface area contributed by atoms with E-state index in [1.54, 1.807) is 6.21 Å². The minimum absolute atomic E-state index is 0.349. The molecule has 2 aliphatic heterocycles. The van der Waals surface area contributed by atoms with Crippen LogP contribution >= 0.6 is 0 Å². The van der Waals surface area contributed by atoms with Crippen molar-refractivity contribution in [2.45, 2.75) is 38.9 Å². The largest absolute Gasteiger partial charge is 0.498 e. The maximum atomic E-state index is 6.06. The molecule has 1 aromatic carbocycles. The van der Waals surface area contributed by atoms with Gasteiger partial charge >= 0.3 is 7.12 Å². The summed E-state index contributed by atoms with van der Waals surface area (Å²) < 4.78 is 17.8. The summed E-state index contributed by atoms with van der Waals surface area (Å²) in [6, 6.07) is 5.85. The lowest BCUT2D eigenvalue weighted by atomic mass is 9.78. The highest BCUT2D eigenvalue weighted by Gasteiger charge is 2.52. The quantitative estimate of drug-likeness (QED) is 0.725. The van der Waals surface area contributed by atoms with Crippen LogP contribution in [0.15, 0.2) is 23.2 Å². The number of rotatable bonds is 1. The van der Waals surface area contributed by atoms with Crippen molar-refractivity contribution in [1.29, 1.82) is 0 Å². The highest BCUT2D eigenvalue weighted by Crippen LogP contribution is 2.38. The fourth-order valence-electron chi connectivity index (χ4n) is 2.21. The van der Waals surface area contributed by atoms with Crippen LogP contribution in [-0.4, -0.2) is 31.1 Å². The number of fused-ring (bicyclic) bond motifs is 1. The number of para-hydroxylation sites is 1. The summed E-state index contributed by atoms with van der Waals surface area (Å²) in [7, 11) is -0.409. The van der Waals surface area contributed by atoms with Crippen molar-refractivity contribution in [3.05, 3.63) is 18.2 Å². The van der Waals surface area contributed by atoms with Crippen LogP contribution in [0.1, 0.15) is 27.7 Å². The van der Waals surface area contributed by atoms with Gasteiger partial charge in [0.05, 0.1) is 11.2 Å². The number of hydrogen-bond donors (Lipinski definition) is 0. The summed E-state index contributed by atoms with van der Waals surface area (Å²) in [5, 5.41) is 0. The Kier molecular flexibility index (Phi) is 2.73. The summed E-state index contributed by atoms with van der Waals surface area (Å²) in [5.74, 6) is 0.767. The summed E-state index contributed by atoms with van der Waals surface area (Å²) in [4.78, 5) is 4.34. The highest BCUT2D eigenvalue weighted by molar-refractivity contribution is 6.63.